The first-order valence-corrected chi connectivity index (χ1v) is 8.07. The second kappa shape index (κ2) is 7.21. The van der Waals surface area contributed by atoms with Gasteiger partial charge in [0.2, 0.25) is 0 Å². The molecular formula is C18H13ClF3N3O. The summed E-state index contributed by atoms with van der Waals surface area (Å²) in [5, 5.41) is 6.94. The number of hydrogen-bond acceptors (Lipinski definition) is 2. The fourth-order valence-electron chi connectivity index (χ4n) is 2.55. The van der Waals surface area contributed by atoms with Crippen molar-refractivity contribution in [2.24, 2.45) is 0 Å². The minimum atomic E-state index is -1.65. The molecule has 0 radical (unpaired) electrons. The van der Waals surface area contributed by atoms with Crippen LogP contribution in [0.4, 0.5) is 18.9 Å². The van der Waals surface area contributed by atoms with E-state index in [2.05, 4.69) is 10.4 Å². The van der Waals surface area contributed by atoms with Crippen molar-refractivity contribution in [3.63, 3.8) is 0 Å². The molecule has 0 aliphatic heterocycles. The standard InChI is InChI=1S/C18H13ClF3N3O/c1-2-15-12(9-23-25(15)11-5-3-4-10(19)8-11)18(26)24-14-7-6-13(20)16(21)17(14)22/h3-9H,2H2,1H3,(H,24,26). The van der Waals surface area contributed by atoms with Gasteiger partial charge < -0.3 is 5.32 Å². The molecule has 0 spiro atoms. The fourth-order valence-corrected chi connectivity index (χ4v) is 2.73. The molecular weight excluding hydrogens is 367 g/mol. The predicted octanol–water partition coefficient (Wildman–Crippen LogP) is 4.76. The number of anilines is 1. The quantitative estimate of drug-likeness (QED) is 0.664. The lowest BCUT2D eigenvalue weighted by atomic mass is 10.1. The highest BCUT2D eigenvalue weighted by Gasteiger charge is 2.20. The van der Waals surface area contributed by atoms with Crippen LogP contribution < -0.4 is 5.32 Å². The van der Waals surface area contributed by atoms with Crippen LogP contribution >= 0.6 is 11.6 Å². The maximum absolute atomic E-state index is 13.8. The zero-order chi connectivity index (χ0) is 18.8. The summed E-state index contributed by atoms with van der Waals surface area (Å²) in [7, 11) is 0. The molecule has 8 heteroatoms. The number of carbonyl (C=O) groups is 1. The van der Waals surface area contributed by atoms with Crippen molar-refractivity contribution in [3.05, 3.63) is 76.3 Å². The molecule has 0 bridgehead atoms. The average Bonchev–Trinajstić information content (AvgIpc) is 3.06. The highest BCUT2D eigenvalue weighted by molar-refractivity contribution is 6.30. The Labute approximate surface area is 152 Å². The SMILES string of the molecule is CCc1c(C(=O)Nc2ccc(F)c(F)c2F)cnn1-c1cccc(Cl)c1. The van der Waals surface area contributed by atoms with Crippen LogP contribution in [0.25, 0.3) is 5.69 Å². The van der Waals surface area contributed by atoms with Gasteiger partial charge in [-0.1, -0.05) is 24.6 Å². The summed E-state index contributed by atoms with van der Waals surface area (Å²) in [6.07, 6.45) is 1.78. The molecule has 3 rings (SSSR count). The number of carbonyl (C=O) groups excluding carboxylic acids is 1. The van der Waals surface area contributed by atoms with E-state index in [1.165, 1.54) is 6.20 Å². The lowest BCUT2D eigenvalue weighted by molar-refractivity contribution is 0.102. The summed E-state index contributed by atoms with van der Waals surface area (Å²) in [4.78, 5) is 12.5. The number of nitrogens with one attached hydrogen (secondary N) is 1. The van der Waals surface area contributed by atoms with Gasteiger partial charge in [0.25, 0.3) is 5.91 Å². The van der Waals surface area contributed by atoms with Gasteiger partial charge in [-0.15, -0.1) is 0 Å². The fraction of sp³-hybridized carbons (Fsp3) is 0.111. The molecule has 0 unspecified atom stereocenters. The number of amides is 1. The van der Waals surface area contributed by atoms with Crippen LogP contribution in [0.2, 0.25) is 5.02 Å². The van der Waals surface area contributed by atoms with Crippen molar-refractivity contribution in [2.75, 3.05) is 5.32 Å². The molecule has 1 N–H and O–H groups in total. The van der Waals surface area contributed by atoms with Gasteiger partial charge in [-0.05, 0) is 36.8 Å². The van der Waals surface area contributed by atoms with Crippen LogP contribution in [0.15, 0.2) is 42.6 Å². The Morgan fingerprint density at radius 2 is 1.96 bits per heavy atom. The minimum Gasteiger partial charge on any atom is -0.319 e. The van der Waals surface area contributed by atoms with E-state index in [1.54, 1.807) is 28.9 Å². The molecule has 0 aliphatic carbocycles. The molecule has 26 heavy (non-hydrogen) atoms. The van der Waals surface area contributed by atoms with E-state index >= 15 is 0 Å². The molecule has 134 valence electrons. The third kappa shape index (κ3) is 3.30. The van der Waals surface area contributed by atoms with Crippen molar-refractivity contribution >= 4 is 23.2 Å². The number of halogens is 4. The lowest BCUT2D eigenvalue weighted by Gasteiger charge is -2.10. The van der Waals surface area contributed by atoms with E-state index in [-0.39, 0.29) is 5.56 Å². The summed E-state index contributed by atoms with van der Waals surface area (Å²) in [6, 6.07) is 8.61. The summed E-state index contributed by atoms with van der Waals surface area (Å²) < 4.78 is 41.6. The Bertz CT molecular complexity index is 988. The number of hydrogen-bond donors (Lipinski definition) is 1. The van der Waals surface area contributed by atoms with Gasteiger partial charge in [0.15, 0.2) is 17.5 Å². The number of nitrogens with zero attached hydrogens (tertiary/aromatic N) is 2. The van der Waals surface area contributed by atoms with Crippen molar-refractivity contribution in [1.82, 2.24) is 9.78 Å². The van der Waals surface area contributed by atoms with Crippen LogP contribution in [-0.4, -0.2) is 15.7 Å². The van der Waals surface area contributed by atoms with E-state index in [0.29, 0.717) is 22.8 Å². The van der Waals surface area contributed by atoms with E-state index < -0.39 is 29.0 Å². The van der Waals surface area contributed by atoms with Crippen LogP contribution in [0.1, 0.15) is 23.0 Å². The summed E-state index contributed by atoms with van der Waals surface area (Å²) in [5.41, 5.74) is 0.961. The minimum absolute atomic E-state index is 0.191. The van der Waals surface area contributed by atoms with Gasteiger partial charge in [-0.25, -0.2) is 17.9 Å². The van der Waals surface area contributed by atoms with E-state index in [9.17, 15) is 18.0 Å². The third-order valence-corrected chi connectivity index (χ3v) is 4.02. The van der Waals surface area contributed by atoms with Crippen molar-refractivity contribution in [3.8, 4) is 5.69 Å². The highest BCUT2D eigenvalue weighted by atomic mass is 35.5. The molecule has 1 aromatic heterocycles. The van der Waals surface area contributed by atoms with Crippen LogP contribution in [0.3, 0.4) is 0 Å². The predicted molar refractivity (Wildman–Crippen MR) is 92.2 cm³/mol. The normalized spacial score (nSPS) is 10.8. The smallest absolute Gasteiger partial charge is 0.259 e. The van der Waals surface area contributed by atoms with E-state index in [0.717, 1.165) is 12.1 Å². The number of rotatable bonds is 4. The monoisotopic (exact) mass is 379 g/mol. The van der Waals surface area contributed by atoms with Crippen LogP contribution in [-0.2, 0) is 6.42 Å². The van der Waals surface area contributed by atoms with Crippen molar-refractivity contribution in [2.45, 2.75) is 13.3 Å². The van der Waals surface area contributed by atoms with E-state index in [1.807, 2.05) is 6.92 Å². The Morgan fingerprint density at radius 3 is 2.65 bits per heavy atom. The van der Waals surface area contributed by atoms with Crippen molar-refractivity contribution in [1.29, 1.82) is 0 Å². The van der Waals surface area contributed by atoms with Gasteiger partial charge in [0.1, 0.15) is 0 Å². The molecule has 0 fully saturated rings. The zero-order valence-electron chi connectivity index (χ0n) is 13.6. The van der Waals surface area contributed by atoms with E-state index in [4.69, 9.17) is 11.6 Å². The first-order chi connectivity index (χ1) is 12.4. The molecule has 3 aromatic rings. The van der Waals surface area contributed by atoms with Gasteiger partial charge in [0.05, 0.1) is 28.8 Å². The van der Waals surface area contributed by atoms with Crippen LogP contribution in [0.5, 0.6) is 0 Å². The van der Waals surface area contributed by atoms with Crippen molar-refractivity contribution < 1.29 is 18.0 Å². The lowest BCUT2D eigenvalue weighted by Crippen LogP contribution is -2.16. The summed E-state index contributed by atoms with van der Waals surface area (Å²) in [5.74, 6) is -5.12. The molecule has 4 nitrogen and oxygen atoms in total. The van der Waals surface area contributed by atoms with Gasteiger partial charge in [0, 0.05) is 5.02 Å². The van der Waals surface area contributed by atoms with Gasteiger partial charge in [-0.3, -0.25) is 4.79 Å². The number of aromatic nitrogens is 2. The number of benzene rings is 2. The molecule has 0 atom stereocenters. The largest absolute Gasteiger partial charge is 0.319 e. The summed E-state index contributed by atoms with van der Waals surface area (Å²) in [6.45, 7) is 1.83. The van der Waals surface area contributed by atoms with Crippen LogP contribution in [0, 0.1) is 17.5 Å². The Balaban J connectivity index is 1.95. The molecule has 1 heterocycles. The Kier molecular flexibility index (Phi) is 4.99. The van der Waals surface area contributed by atoms with Gasteiger partial charge >= 0.3 is 0 Å². The average molecular weight is 380 g/mol. The molecule has 0 saturated carbocycles. The Hall–Kier alpha value is -2.80. The topological polar surface area (TPSA) is 46.9 Å². The highest BCUT2D eigenvalue weighted by Crippen LogP contribution is 2.23. The molecule has 0 aliphatic rings. The first kappa shape index (κ1) is 18.0. The maximum Gasteiger partial charge on any atom is 0.259 e. The molecule has 1 amide bonds. The second-order valence-corrected chi connectivity index (χ2v) is 5.86. The molecule has 2 aromatic carbocycles. The third-order valence-electron chi connectivity index (χ3n) is 3.78. The second-order valence-electron chi connectivity index (χ2n) is 5.43. The Morgan fingerprint density at radius 1 is 1.19 bits per heavy atom. The summed E-state index contributed by atoms with van der Waals surface area (Å²) >= 11 is 5.98. The zero-order valence-corrected chi connectivity index (χ0v) is 14.3. The maximum atomic E-state index is 13.8. The molecule has 0 saturated heterocycles. The van der Waals surface area contributed by atoms with Gasteiger partial charge in [-0.2, -0.15) is 5.10 Å². The first-order valence-electron chi connectivity index (χ1n) is 7.70.